The monoisotopic (exact) mass is 412 g/mol. The first-order valence-electron chi connectivity index (χ1n) is 10.1. The molecule has 2 heterocycles. The standard InChI is InChI=1S/C22H28N4O2S/c1-25(16-19-6-3-2-4-7-19)20(27)9-8-18-10-14-26(15-11-18)21(28)17-29-22-23-12-5-13-24-22/h2-7,12-13,18H,8-11,14-17H2,1H3. The summed E-state index contributed by atoms with van der Waals surface area (Å²) in [7, 11) is 1.87. The lowest BCUT2D eigenvalue weighted by molar-refractivity contribution is -0.132. The number of hydrogen-bond acceptors (Lipinski definition) is 5. The van der Waals surface area contributed by atoms with E-state index in [0.29, 0.717) is 29.8 Å². The molecule has 1 fully saturated rings. The van der Waals surface area contributed by atoms with Crippen LogP contribution in [0.2, 0.25) is 0 Å². The maximum absolute atomic E-state index is 12.4. The molecule has 1 aliphatic rings. The van der Waals surface area contributed by atoms with Crippen LogP contribution in [0.1, 0.15) is 31.2 Å². The molecule has 154 valence electrons. The van der Waals surface area contributed by atoms with Crippen molar-refractivity contribution in [1.82, 2.24) is 19.8 Å². The molecule has 0 saturated carbocycles. The lowest BCUT2D eigenvalue weighted by Gasteiger charge is -2.32. The average molecular weight is 413 g/mol. The number of carbonyl (C=O) groups is 2. The van der Waals surface area contributed by atoms with Crippen molar-refractivity contribution in [2.24, 2.45) is 5.92 Å². The predicted octanol–water partition coefficient (Wildman–Crippen LogP) is 3.25. The summed E-state index contributed by atoms with van der Waals surface area (Å²) in [4.78, 5) is 36.8. The quantitative estimate of drug-likeness (QED) is 0.492. The van der Waals surface area contributed by atoms with Crippen LogP contribution in [0.15, 0.2) is 53.9 Å². The number of amides is 2. The fourth-order valence-electron chi connectivity index (χ4n) is 3.51. The first kappa shape index (κ1) is 21.3. The van der Waals surface area contributed by atoms with Gasteiger partial charge in [-0.15, -0.1) is 0 Å². The molecule has 2 amide bonds. The van der Waals surface area contributed by atoms with Gasteiger partial charge in [-0.3, -0.25) is 9.59 Å². The minimum absolute atomic E-state index is 0.138. The van der Waals surface area contributed by atoms with E-state index in [9.17, 15) is 9.59 Å². The fourth-order valence-corrected chi connectivity index (χ4v) is 4.22. The third-order valence-corrected chi connectivity index (χ3v) is 6.15. The molecule has 7 heteroatoms. The molecule has 1 aromatic heterocycles. The smallest absolute Gasteiger partial charge is 0.233 e. The minimum atomic E-state index is 0.138. The number of carbonyl (C=O) groups excluding carboxylic acids is 2. The van der Waals surface area contributed by atoms with Gasteiger partial charge >= 0.3 is 0 Å². The molecule has 0 unspecified atom stereocenters. The van der Waals surface area contributed by atoms with Crippen LogP contribution < -0.4 is 0 Å². The first-order chi connectivity index (χ1) is 14.1. The number of benzene rings is 1. The van der Waals surface area contributed by atoms with E-state index in [1.807, 2.05) is 42.3 Å². The van der Waals surface area contributed by atoms with Crippen molar-refractivity contribution in [1.29, 1.82) is 0 Å². The summed E-state index contributed by atoms with van der Waals surface area (Å²) >= 11 is 1.38. The van der Waals surface area contributed by atoms with Crippen molar-refractivity contribution < 1.29 is 9.59 Å². The number of nitrogens with zero attached hydrogens (tertiary/aromatic N) is 4. The van der Waals surface area contributed by atoms with Gasteiger partial charge in [0.25, 0.3) is 0 Å². The zero-order chi connectivity index (χ0) is 20.5. The van der Waals surface area contributed by atoms with Crippen LogP contribution in [-0.2, 0) is 16.1 Å². The molecule has 0 atom stereocenters. The van der Waals surface area contributed by atoms with Gasteiger partial charge in [-0.25, -0.2) is 9.97 Å². The van der Waals surface area contributed by atoms with Gasteiger partial charge in [-0.05, 0) is 36.8 Å². The van der Waals surface area contributed by atoms with Crippen LogP contribution >= 0.6 is 11.8 Å². The van der Waals surface area contributed by atoms with Gasteiger partial charge in [-0.2, -0.15) is 0 Å². The predicted molar refractivity (Wildman–Crippen MR) is 114 cm³/mol. The molecule has 0 aliphatic carbocycles. The molecule has 1 aromatic carbocycles. The number of aromatic nitrogens is 2. The summed E-state index contributed by atoms with van der Waals surface area (Å²) in [5, 5.41) is 0.633. The molecule has 0 N–H and O–H groups in total. The maximum atomic E-state index is 12.4. The molecule has 1 aliphatic heterocycles. The lowest BCUT2D eigenvalue weighted by atomic mass is 9.92. The van der Waals surface area contributed by atoms with Crippen LogP contribution in [0.5, 0.6) is 0 Å². The summed E-state index contributed by atoms with van der Waals surface area (Å²) in [6, 6.07) is 11.8. The summed E-state index contributed by atoms with van der Waals surface area (Å²) in [5.41, 5.74) is 1.15. The van der Waals surface area contributed by atoms with Crippen molar-refractivity contribution in [2.45, 2.75) is 37.4 Å². The van der Waals surface area contributed by atoms with Crippen LogP contribution in [0, 0.1) is 5.92 Å². The van der Waals surface area contributed by atoms with E-state index in [4.69, 9.17) is 0 Å². The van der Waals surface area contributed by atoms with Crippen molar-refractivity contribution in [3.8, 4) is 0 Å². The second-order valence-electron chi connectivity index (χ2n) is 7.42. The Morgan fingerprint density at radius 2 is 1.79 bits per heavy atom. The number of thioether (sulfide) groups is 1. The zero-order valence-corrected chi connectivity index (χ0v) is 17.7. The maximum Gasteiger partial charge on any atom is 0.233 e. The van der Waals surface area contributed by atoms with E-state index in [-0.39, 0.29) is 11.8 Å². The lowest BCUT2D eigenvalue weighted by Crippen LogP contribution is -2.39. The van der Waals surface area contributed by atoms with Gasteiger partial charge in [0, 0.05) is 45.5 Å². The fraction of sp³-hybridized carbons (Fsp3) is 0.455. The Hall–Kier alpha value is -2.41. The van der Waals surface area contributed by atoms with Gasteiger partial charge in [0.2, 0.25) is 11.8 Å². The SMILES string of the molecule is CN(Cc1ccccc1)C(=O)CCC1CCN(C(=O)CSc2ncccn2)CC1. The highest BCUT2D eigenvalue weighted by Crippen LogP contribution is 2.23. The number of piperidine rings is 1. The Bertz CT molecular complexity index is 780. The first-order valence-corrected chi connectivity index (χ1v) is 11.1. The van der Waals surface area contributed by atoms with Gasteiger partial charge in [0.05, 0.1) is 5.75 Å². The molecule has 0 radical (unpaired) electrons. The van der Waals surface area contributed by atoms with Crippen LogP contribution in [0.25, 0.3) is 0 Å². The number of hydrogen-bond donors (Lipinski definition) is 0. The molecule has 0 bridgehead atoms. The van der Waals surface area contributed by atoms with E-state index in [1.165, 1.54) is 11.8 Å². The largest absolute Gasteiger partial charge is 0.342 e. The Balaban J connectivity index is 1.34. The van der Waals surface area contributed by atoms with Crippen LogP contribution in [-0.4, -0.2) is 57.5 Å². The third-order valence-electron chi connectivity index (χ3n) is 5.29. The number of likely N-dealkylation sites (tertiary alicyclic amines) is 1. The average Bonchev–Trinajstić information content (AvgIpc) is 2.77. The molecule has 0 spiro atoms. The van der Waals surface area contributed by atoms with Crippen molar-refractivity contribution in [3.05, 3.63) is 54.4 Å². The third kappa shape index (κ3) is 6.85. The highest BCUT2D eigenvalue weighted by molar-refractivity contribution is 7.99. The summed E-state index contributed by atoms with van der Waals surface area (Å²) in [5.74, 6) is 1.21. The zero-order valence-electron chi connectivity index (χ0n) is 16.9. The van der Waals surface area contributed by atoms with Crippen LogP contribution in [0.3, 0.4) is 0 Å². The highest BCUT2D eigenvalue weighted by atomic mass is 32.2. The highest BCUT2D eigenvalue weighted by Gasteiger charge is 2.23. The molecule has 29 heavy (non-hydrogen) atoms. The van der Waals surface area contributed by atoms with Crippen molar-refractivity contribution in [3.63, 3.8) is 0 Å². The van der Waals surface area contributed by atoms with Gasteiger partial charge in [0.1, 0.15) is 0 Å². The molecular formula is C22H28N4O2S. The Kier molecular flexibility index (Phi) is 8.04. The normalized spacial score (nSPS) is 14.6. The summed E-state index contributed by atoms with van der Waals surface area (Å²) < 4.78 is 0. The van der Waals surface area contributed by atoms with E-state index in [1.54, 1.807) is 23.4 Å². The van der Waals surface area contributed by atoms with Crippen LogP contribution in [0.4, 0.5) is 0 Å². The topological polar surface area (TPSA) is 66.4 Å². The summed E-state index contributed by atoms with van der Waals surface area (Å²) in [6.07, 6.45) is 6.77. The van der Waals surface area contributed by atoms with Crippen molar-refractivity contribution in [2.75, 3.05) is 25.9 Å². The van der Waals surface area contributed by atoms with E-state index >= 15 is 0 Å². The Morgan fingerprint density at radius 3 is 2.48 bits per heavy atom. The van der Waals surface area contributed by atoms with E-state index < -0.39 is 0 Å². The molecule has 6 nitrogen and oxygen atoms in total. The van der Waals surface area contributed by atoms with Gasteiger partial charge < -0.3 is 9.80 Å². The molecule has 1 saturated heterocycles. The summed E-state index contributed by atoms with van der Waals surface area (Å²) in [6.45, 7) is 2.19. The second kappa shape index (κ2) is 11.0. The van der Waals surface area contributed by atoms with Crippen molar-refractivity contribution >= 4 is 23.6 Å². The second-order valence-corrected chi connectivity index (χ2v) is 8.36. The molecule has 2 aromatic rings. The molecule has 3 rings (SSSR count). The minimum Gasteiger partial charge on any atom is -0.342 e. The Morgan fingerprint density at radius 1 is 1.10 bits per heavy atom. The van der Waals surface area contributed by atoms with Gasteiger partial charge in [0.15, 0.2) is 5.16 Å². The van der Waals surface area contributed by atoms with E-state index in [0.717, 1.165) is 37.9 Å². The Labute approximate surface area is 176 Å². The van der Waals surface area contributed by atoms with Gasteiger partial charge in [-0.1, -0.05) is 42.1 Å². The molecular weight excluding hydrogens is 384 g/mol. The number of rotatable bonds is 8. The van der Waals surface area contributed by atoms with E-state index in [2.05, 4.69) is 9.97 Å².